The van der Waals surface area contributed by atoms with Gasteiger partial charge in [0.05, 0.1) is 11.8 Å². The Bertz CT molecular complexity index is 846. The topological polar surface area (TPSA) is 125 Å². The summed E-state index contributed by atoms with van der Waals surface area (Å²) in [5.74, 6) is -0.0441. The Labute approximate surface area is 143 Å². The van der Waals surface area contributed by atoms with E-state index in [1.807, 2.05) is 13.8 Å². The Morgan fingerprint density at radius 1 is 1.40 bits per heavy atom. The molecule has 1 aliphatic rings. The summed E-state index contributed by atoms with van der Waals surface area (Å²) in [7, 11) is 0. The molecule has 25 heavy (non-hydrogen) atoms. The normalized spacial score (nSPS) is 14.4. The average molecular weight is 343 g/mol. The van der Waals surface area contributed by atoms with Gasteiger partial charge in [0.2, 0.25) is 0 Å². The van der Waals surface area contributed by atoms with Crippen LogP contribution in [0.25, 0.3) is 0 Å². The molecular formula is C17H17N3O5. The lowest BCUT2D eigenvalue weighted by Crippen LogP contribution is -2.24. The lowest BCUT2D eigenvalue weighted by molar-refractivity contribution is 0.0695. The molecule has 0 atom stereocenters. The molecule has 0 fully saturated rings. The van der Waals surface area contributed by atoms with Crippen LogP contribution in [0.3, 0.4) is 0 Å². The minimum Gasteiger partial charge on any atom is -0.487 e. The van der Waals surface area contributed by atoms with Crippen molar-refractivity contribution in [3.8, 4) is 17.2 Å². The highest BCUT2D eigenvalue weighted by molar-refractivity contribution is 5.93. The second kappa shape index (κ2) is 6.06. The van der Waals surface area contributed by atoms with Crippen LogP contribution in [0.15, 0.2) is 30.5 Å². The Morgan fingerprint density at radius 2 is 2.16 bits per heavy atom. The summed E-state index contributed by atoms with van der Waals surface area (Å²) in [6, 6.07) is 6.03. The van der Waals surface area contributed by atoms with Crippen LogP contribution in [0.5, 0.6) is 17.2 Å². The molecule has 1 aromatic heterocycles. The number of hydroxylamine groups is 1. The predicted octanol–water partition coefficient (Wildman–Crippen LogP) is 2.59. The van der Waals surface area contributed by atoms with Crippen molar-refractivity contribution in [2.45, 2.75) is 25.9 Å². The van der Waals surface area contributed by atoms with E-state index in [0.717, 1.165) is 5.56 Å². The summed E-state index contributed by atoms with van der Waals surface area (Å²) in [5.41, 5.74) is 2.38. The van der Waals surface area contributed by atoms with Crippen LogP contribution in [0.2, 0.25) is 0 Å². The van der Waals surface area contributed by atoms with Crippen molar-refractivity contribution < 1.29 is 24.6 Å². The molecule has 0 saturated heterocycles. The SMILES string of the molecule is CC1(C)Cc2c(Oc3ccc(C(=N)NO)nc3)cc(C(=O)O)cc2O1. The first-order valence-corrected chi connectivity index (χ1v) is 7.51. The van der Waals surface area contributed by atoms with Crippen LogP contribution in [0.1, 0.15) is 35.5 Å². The zero-order valence-corrected chi connectivity index (χ0v) is 13.7. The van der Waals surface area contributed by atoms with E-state index < -0.39 is 11.6 Å². The van der Waals surface area contributed by atoms with E-state index in [9.17, 15) is 9.90 Å². The number of nitrogens with zero attached hydrogens (tertiary/aromatic N) is 1. The number of carbonyl (C=O) groups is 1. The summed E-state index contributed by atoms with van der Waals surface area (Å²) in [6.45, 7) is 3.84. The number of amidine groups is 1. The lowest BCUT2D eigenvalue weighted by atomic mass is 10.00. The molecule has 0 saturated carbocycles. The zero-order valence-electron chi connectivity index (χ0n) is 13.7. The second-order valence-electron chi connectivity index (χ2n) is 6.26. The van der Waals surface area contributed by atoms with Gasteiger partial charge in [-0.1, -0.05) is 0 Å². The molecule has 0 bridgehead atoms. The molecule has 0 spiro atoms. The number of nitrogens with one attached hydrogen (secondary N) is 2. The molecule has 0 radical (unpaired) electrons. The zero-order chi connectivity index (χ0) is 18.2. The van der Waals surface area contributed by atoms with Gasteiger partial charge >= 0.3 is 5.97 Å². The molecule has 1 aromatic carbocycles. The molecule has 0 unspecified atom stereocenters. The van der Waals surface area contributed by atoms with Gasteiger partial charge < -0.3 is 14.6 Å². The van der Waals surface area contributed by atoms with E-state index in [0.29, 0.717) is 23.7 Å². The van der Waals surface area contributed by atoms with Gasteiger partial charge in [0, 0.05) is 12.0 Å². The third-order valence-electron chi connectivity index (χ3n) is 3.74. The number of ether oxygens (including phenoxy) is 2. The standard InChI is InChI=1S/C17H17N3O5/c1-17(2)7-11-13(5-9(16(21)22)6-14(11)25-17)24-10-3-4-12(19-8-10)15(18)20-23/h3-6,8,23H,7H2,1-2H3,(H2,18,20)(H,21,22). The fourth-order valence-corrected chi connectivity index (χ4v) is 2.63. The van der Waals surface area contributed by atoms with Crippen LogP contribution in [-0.2, 0) is 6.42 Å². The molecule has 2 aromatic rings. The van der Waals surface area contributed by atoms with Crippen molar-refractivity contribution in [2.75, 3.05) is 0 Å². The van der Waals surface area contributed by atoms with Crippen LogP contribution in [0, 0.1) is 5.41 Å². The molecule has 1 aliphatic heterocycles. The Hall–Kier alpha value is -3.13. The first-order valence-electron chi connectivity index (χ1n) is 7.51. The van der Waals surface area contributed by atoms with Gasteiger partial charge in [-0.15, -0.1) is 0 Å². The number of pyridine rings is 1. The van der Waals surface area contributed by atoms with Crippen molar-refractivity contribution in [2.24, 2.45) is 0 Å². The molecule has 0 amide bonds. The minimum atomic E-state index is -1.07. The van der Waals surface area contributed by atoms with E-state index in [2.05, 4.69) is 4.98 Å². The molecule has 130 valence electrons. The first kappa shape index (κ1) is 16.7. The van der Waals surface area contributed by atoms with Gasteiger partial charge in [-0.25, -0.2) is 9.78 Å². The summed E-state index contributed by atoms with van der Waals surface area (Å²) in [6.07, 6.45) is 1.98. The summed E-state index contributed by atoms with van der Waals surface area (Å²) < 4.78 is 11.6. The molecule has 2 heterocycles. The van der Waals surface area contributed by atoms with E-state index in [-0.39, 0.29) is 17.1 Å². The van der Waals surface area contributed by atoms with Gasteiger partial charge in [-0.05, 0) is 38.1 Å². The third kappa shape index (κ3) is 3.38. The van der Waals surface area contributed by atoms with Crippen molar-refractivity contribution in [3.63, 3.8) is 0 Å². The summed E-state index contributed by atoms with van der Waals surface area (Å²) in [5, 5.41) is 25.4. The van der Waals surface area contributed by atoms with Crippen molar-refractivity contribution in [1.82, 2.24) is 10.5 Å². The molecule has 0 aliphatic carbocycles. The quantitative estimate of drug-likeness (QED) is 0.382. The second-order valence-corrected chi connectivity index (χ2v) is 6.26. The van der Waals surface area contributed by atoms with Crippen LogP contribution in [0.4, 0.5) is 0 Å². The van der Waals surface area contributed by atoms with Crippen LogP contribution < -0.4 is 15.0 Å². The number of benzene rings is 1. The van der Waals surface area contributed by atoms with E-state index >= 15 is 0 Å². The van der Waals surface area contributed by atoms with Crippen molar-refractivity contribution in [1.29, 1.82) is 5.41 Å². The average Bonchev–Trinajstić information content (AvgIpc) is 2.89. The maximum atomic E-state index is 11.3. The van der Waals surface area contributed by atoms with Gasteiger partial charge in [-0.3, -0.25) is 16.1 Å². The molecular weight excluding hydrogens is 326 g/mol. The van der Waals surface area contributed by atoms with Gasteiger partial charge in [0.1, 0.15) is 28.5 Å². The van der Waals surface area contributed by atoms with Gasteiger partial charge in [-0.2, -0.15) is 0 Å². The van der Waals surface area contributed by atoms with E-state index in [4.69, 9.17) is 20.1 Å². The highest BCUT2D eigenvalue weighted by Gasteiger charge is 2.33. The van der Waals surface area contributed by atoms with Crippen molar-refractivity contribution >= 4 is 11.8 Å². The van der Waals surface area contributed by atoms with Crippen LogP contribution >= 0.6 is 0 Å². The maximum Gasteiger partial charge on any atom is 0.335 e. The molecule has 3 rings (SSSR count). The number of rotatable bonds is 4. The van der Waals surface area contributed by atoms with E-state index in [1.165, 1.54) is 24.4 Å². The summed E-state index contributed by atoms with van der Waals surface area (Å²) >= 11 is 0. The smallest absolute Gasteiger partial charge is 0.335 e. The Balaban J connectivity index is 1.95. The molecule has 4 N–H and O–H groups in total. The monoisotopic (exact) mass is 343 g/mol. The minimum absolute atomic E-state index is 0.0716. The predicted molar refractivity (Wildman–Crippen MR) is 87.9 cm³/mol. The Morgan fingerprint density at radius 3 is 2.76 bits per heavy atom. The molecule has 8 heteroatoms. The van der Waals surface area contributed by atoms with E-state index in [1.54, 1.807) is 11.5 Å². The molecule has 8 nitrogen and oxygen atoms in total. The number of carboxylic acid groups (broad SMARTS) is 1. The number of fused-ring (bicyclic) bond motifs is 1. The van der Waals surface area contributed by atoms with Crippen LogP contribution in [-0.4, -0.2) is 32.7 Å². The number of hydrogen-bond donors (Lipinski definition) is 4. The highest BCUT2D eigenvalue weighted by Crippen LogP contribution is 2.42. The Kier molecular flexibility index (Phi) is 4.05. The highest BCUT2D eigenvalue weighted by atomic mass is 16.5. The largest absolute Gasteiger partial charge is 0.487 e. The summed E-state index contributed by atoms with van der Waals surface area (Å²) in [4.78, 5) is 15.3. The van der Waals surface area contributed by atoms with Crippen molar-refractivity contribution in [3.05, 3.63) is 47.3 Å². The third-order valence-corrected chi connectivity index (χ3v) is 3.74. The van der Waals surface area contributed by atoms with Gasteiger partial charge in [0.15, 0.2) is 5.84 Å². The number of aromatic nitrogens is 1. The first-order chi connectivity index (χ1) is 11.8. The van der Waals surface area contributed by atoms with Gasteiger partial charge in [0.25, 0.3) is 0 Å². The number of carboxylic acids is 1. The fraction of sp³-hybridized carbons (Fsp3) is 0.235. The number of aromatic carboxylic acids is 1. The fourth-order valence-electron chi connectivity index (χ4n) is 2.63. The lowest BCUT2D eigenvalue weighted by Gasteiger charge is -2.16. The maximum absolute atomic E-state index is 11.3. The number of hydrogen-bond acceptors (Lipinski definition) is 6.